The number of rotatable bonds is 6. The predicted molar refractivity (Wildman–Crippen MR) is 116 cm³/mol. The second-order valence-electron chi connectivity index (χ2n) is 8.39. The number of ether oxygens (including phenoxy) is 1. The minimum Gasteiger partial charge on any atom is -0.497 e. The van der Waals surface area contributed by atoms with Gasteiger partial charge < -0.3 is 19.5 Å². The number of carbonyl (C=O) groups excluding carboxylic acids is 2. The number of hydrogen-bond acceptors (Lipinski definition) is 3. The van der Waals surface area contributed by atoms with Gasteiger partial charge in [0, 0.05) is 35.7 Å². The summed E-state index contributed by atoms with van der Waals surface area (Å²) in [4.78, 5) is 27.1. The van der Waals surface area contributed by atoms with Crippen LogP contribution in [-0.4, -0.2) is 48.0 Å². The van der Waals surface area contributed by atoms with Gasteiger partial charge in [-0.2, -0.15) is 0 Å². The van der Waals surface area contributed by atoms with Crippen LogP contribution in [0.3, 0.4) is 0 Å². The highest BCUT2D eigenvalue weighted by Crippen LogP contribution is 2.37. The van der Waals surface area contributed by atoms with E-state index in [4.69, 9.17) is 4.74 Å². The topological polar surface area (TPSA) is 63.6 Å². The third-order valence-corrected chi connectivity index (χ3v) is 5.79. The number of nitrogens with one attached hydrogen (secondary N) is 1. The van der Waals surface area contributed by atoms with Crippen molar-refractivity contribution in [3.05, 3.63) is 29.5 Å². The Morgan fingerprint density at radius 3 is 2.55 bits per heavy atom. The Balaban J connectivity index is 2.02. The smallest absolute Gasteiger partial charge is 0.256 e. The van der Waals surface area contributed by atoms with Crippen LogP contribution in [0.5, 0.6) is 5.75 Å². The molecule has 0 bridgehead atoms. The van der Waals surface area contributed by atoms with Gasteiger partial charge in [0.05, 0.1) is 19.2 Å². The van der Waals surface area contributed by atoms with E-state index in [1.807, 2.05) is 32.9 Å². The lowest BCUT2D eigenvalue weighted by atomic mass is 9.95. The van der Waals surface area contributed by atoms with Gasteiger partial charge in [-0.25, -0.2) is 0 Å². The molecule has 1 heterocycles. The third kappa shape index (κ3) is 4.41. The number of nitrogens with zero attached hydrogens (tertiary/aromatic N) is 2. The highest BCUT2D eigenvalue weighted by atomic mass is 16.5. The number of likely N-dealkylation sites (N-methyl/N-ethyl adjacent to an activating group) is 1. The fraction of sp³-hybridized carbons (Fsp3) is 0.565. The number of fused-ring (bicyclic) bond motifs is 1. The number of amides is 2. The van der Waals surface area contributed by atoms with Crippen LogP contribution >= 0.6 is 0 Å². The van der Waals surface area contributed by atoms with Crippen LogP contribution in [0.2, 0.25) is 0 Å². The van der Waals surface area contributed by atoms with Crippen LogP contribution in [0.25, 0.3) is 10.9 Å². The van der Waals surface area contributed by atoms with Gasteiger partial charge in [0.25, 0.3) is 5.91 Å². The largest absolute Gasteiger partial charge is 0.497 e. The molecule has 1 aromatic carbocycles. The summed E-state index contributed by atoms with van der Waals surface area (Å²) in [6, 6.07) is 6.41. The first-order valence-corrected chi connectivity index (χ1v) is 10.6. The molecule has 0 radical (unpaired) electrons. The molecule has 29 heavy (non-hydrogen) atoms. The highest BCUT2D eigenvalue weighted by molar-refractivity contribution is 6.09. The van der Waals surface area contributed by atoms with Crippen molar-refractivity contribution < 1.29 is 14.3 Å². The minimum absolute atomic E-state index is 0.0382. The molecule has 0 unspecified atom stereocenters. The Morgan fingerprint density at radius 2 is 1.93 bits per heavy atom. The Bertz CT molecular complexity index is 894. The van der Waals surface area contributed by atoms with Crippen molar-refractivity contribution >= 4 is 22.7 Å². The quantitative estimate of drug-likeness (QED) is 0.797. The van der Waals surface area contributed by atoms with Gasteiger partial charge in [-0.05, 0) is 51.8 Å². The molecule has 1 N–H and O–H groups in total. The van der Waals surface area contributed by atoms with Crippen molar-refractivity contribution in [3.8, 4) is 5.75 Å². The maximum atomic E-state index is 13.4. The summed E-state index contributed by atoms with van der Waals surface area (Å²) < 4.78 is 7.76. The zero-order valence-electron chi connectivity index (χ0n) is 18.2. The summed E-state index contributed by atoms with van der Waals surface area (Å²) in [5.41, 5.74) is 2.71. The third-order valence-electron chi connectivity index (χ3n) is 5.79. The molecule has 2 aromatic rings. The van der Waals surface area contributed by atoms with Crippen molar-refractivity contribution in [1.82, 2.24) is 14.8 Å². The van der Waals surface area contributed by atoms with Gasteiger partial charge >= 0.3 is 0 Å². The Kier molecular flexibility index (Phi) is 6.50. The molecular weight excluding hydrogens is 366 g/mol. The molecule has 6 nitrogen and oxygen atoms in total. The van der Waals surface area contributed by atoms with Crippen LogP contribution in [0.15, 0.2) is 18.2 Å². The molecule has 1 aliphatic rings. The lowest BCUT2D eigenvalue weighted by Crippen LogP contribution is -2.41. The molecule has 6 heteroatoms. The molecular formula is C23H33N3O3. The monoisotopic (exact) mass is 399 g/mol. The summed E-state index contributed by atoms with van der Waals surface area (Å²) in [5, 5.41) is 3.75. The van der Waals surface area contributed by atoms with Crippen LogP contribution in [0.1, 0.15) is 68.0 Å². The molecule has 2 amide bonds. The standard InChI is InChI=1S/C23H33N3O3/c1-15(2)24-21(27)14-25(4)23(28)22-16(3)26(17-9-7-6-8-10-17)20-12-11-18(29-5)13-19(20)22/h11-13,15,17H,6-10,14H2,1-5H3,(H,24,27). The number of benzene rings is 1. The number of aromatic nitrogens is 1. The number of carbonyl (C=O) groups is 2. The van der Waals surface area contributed by atoms with Gasteiger partial charge in [0.15, 0.2) is 0 Å². The summed E-state index contributed by atoms with van der Waals surface area (Å²) in [7, 11) is 3.32. The van der Waals surface area contributed by atoms with E-state index in [0.29, 0.717) is 11.6 Å². The average molecular weight is 400 g/mol. The summed E-state index contributed by atoms with van der Waals surface area (Å²) in [6.45, 7) is 5.88. The molecule has 1 saturated carbocycles. The molecule has 3 rings (SSSR count). The Morgan fingerprint density at radius 1 is 1.24 bits per heavy atom. The van der Waals surface area contributed by atoms with Crippen LogP contribution < -0.4 is 10.1 Å². The maximum Gasteiger partial charge on any atom is 0.256 e. The van der Waals surface area contributed by atoms with Gasteiger partial charge in [-0.15, -0.1) is 0 Å². The first-order chi connectivity index (χ1) is 13.8. The van der Waals surface area contributed by atoms with Gasteiger partial charge in [-0.3, -0.25) is 9.59 Å². The molecule has 0 saturated heterocycles. The van der Waals surface area contributed by atoms with Crippen molar-refractivity contribution in [3.63, 3.8) is 0 Å². The fourth-order valence-electron chi connectivity index (χ4n) is 4.47. The zero-order chi connectivity index (χ0) is 21.1. The van der Waals surface area contributed by atoms with E-state index in [1.54, 1.807) is 14.2 Å². The fourth-order valence-corrected chi connectivity index (χ4v) is 4.47. The van der Waals surface area contributed by atoms with Crippen molar-refractivity contribution in [2.75, 3.05) is 20.7 Å². The Hall–Kier alpha value is -2.50. The van der Waals surface area contributed by atoms with E-state index >= 15 is 0 Å². The molecule has 1 aromatic heterocycles. The van der Waals surface area contributed by atoms with E-state index in [9.17, 15) is 9.59 Å². The van der Waals surface area contributed by atoms with Crippen LogP contribution in [0.4, 0.5) is 0 Å². The summed E-state index contributed by atoms with van der Waals surface area (Å²) in [5.74, 6) is 0.448. The minimum atomic E-state index is -0.151. The van der Waals surface area contributed by atoms with Gasteiger partial charge in [0.1, 0.15) is 5.75 Å². The number of hydrogen-bond donors (Lipinski definition) is 1. The van der Waals surface area contributed by atoms with Gasteiger partial charge in [0.2, 0.25) is 5.91 Å². The summed E-state index contributed by atoms with van der Waals surface area (Å²) >= 11 is 0. The normalized spacial score (nSPS) is 15.0. The second kappa shape index (κ2) is 8.89. The van der Waals surface area contributed by atoms with Crippen molar-refractivity contribution in [2.24, 2.45) is 0 Å². The second-order valence-corrected chi connectivity index (χ2v) is 8.39. The Labute approximate surface area is 173 Å². The maximum absolute atomic E-state index is 13.4. The SMILES string of the molecule is COc1ccc2c(c1)c(C(=O)N(C)CC(=O)NC(C)C)c(C)n2C1CCCCC1. The van der Waals surface area contributed by atoms with E-state index in [1.165, 1.54) is 24.2 Å². The molecule has 158 valence electrons. The molecule has 0 atom stereocenters. The van der Waals surface area contributed by atoms with Gasteiger partial charge in [-0.1, -0.05) is 19.3 Å². The van der Waals surface area contributed by atoms with E-state index in [0.717, 1.165) is 35.2 Å². The van der Waals surface area contributed by atoms with Crippen LogP contribution in [-0.2, 0) is 4.79 Å². The van der Waals surface area contributed by atoms with E-state index in [2.05, 4.69) is 16.0 Å². The van der Waals surface area contributed by atoms with Crippen molar-refractivity contribution in [2.45, 2.75) is 65.0 Å². The van der Waals surface area contributed by atoms with E-state index in [-0.39, 0.29) is 24.4 Å². The lowest BCUT2D eigenvalue weighted by Gasteiger charge is -2.26. The highest BCUT2D eigenvalue weighted by Gasteiger charge is 2.27. The molecule has 0 spiro atoms. The number of methoxy groups -OCH3 is 1. The summed E-state index contributed by atoms with van der Waals surface area (Å²) in [6.07, 6.45) is 5.99. The average Bonchev–Trinajstić information content (AvgIpc) is 2.98. The molecule has 1 fully saturated rings. The zero-order valence-corrected chi connectivity index (χ0v) is 18.2. The first-order valence-electron chi connectivity index (χ1n) is 10.6. The first kappa shape index (κ1) is 21.2. The molecule has 0 aliphatic heterocycles. The van der Waals surface area contributed by atoms with Crippen LogP contribution in [0, 0.1) is 6.92 Å². The van der Waals surface area contributed by atoms with E-state index < -0.39 is 0 Å². The lowest BCUT2D eigenvalue weighted by molar-refractivity contribution is -0.122. The van der Waals surface area contributed by atoms with Crippen molar-refractivity contribution in [1.29, 1.82) is 0 Å². The molecule has 1 aliphatic carbocycles. The predicted octanol–water partition coefficient (Wildman–Crippen LogP) is 4.06.